The first-order valence-electron chi connectivity index (χ1n) is 11.6. The summed E-state index contributed by atoms with van der Waals surface area (Å²) in [6.07, 6.45) is 5.61. The van der Waals surface area contributed by atoms with Gasteiger partial charge in [0.1, 0.15) is 5.82 Å². The number of aromatic amines is 1. The van der Waals surface area contributed by atoms with Crippen LogP contribution in [0.4, 0.5) is 0 Å². The summed E-state index contributed by atoms with van der Waals surface area (Å²) in [7, 11) is 4.46. The summed E-state index contributed by atoms with van der Waals surface area (Å²) >= 11 is 0. The van der Waals surface area contributed by atoms with Crippen LogP contribution in [0.5, 0.6) is 0 Å². The predicted molar refractivity (Wildman–Crippen MR) is 128 cm³/mol. The van der Waals surface area contributed by atoms with Crippen molar-refractivity contribution >= 4 is 10.9 Å². The topological polar surface area (TPSA) is 62.6 Å². The lowest BCUT2D eigenvalue weighted by Crippen LogP contribution is -2.44. The van der Waals surface area contributed by atoms with Gasteiger partial charge in [-0.3, -0.25) is 4.90 Å². The van der Waals surface area contributed by atoms with E-state index < -0.39 is 0 Å². The predicted octanol–water partition coefficient (Wildman–Crippen LogP) is 4.82. The maximum absolute atomic E-state index is 4.15. The van der Waals surface area contributed by atoms with E-state index in [1.807, 2.05) is 11.6 Å². The molecule has 0 spiro atoms. The van der Waals surface area contributed by atoms with E-state index in [0.29, 0.717) is 5.92 Å². The second kappa shape index (κ2) is 8.51. The van der Waals surface area contributed by atoms with Crippen molar-refractivity contribution in [1.29, 1.82) is 0 Å². The Balaban J connectivity index is 1.43. The van der Waals surface area contributed by atoms with Crippen LogP contribution in [0.2, 0.25) is 0 Å². The summed E-state index contributed by atoms with van der Waals surface area (Å²) in [4.78, 5) is 6.24. The molecule has 0 aliphatic heterocycles. The van der Waals surface area contributed by atoms with E-state index in [1.165, 1.54) is 40.6 Å². The second-order valence-corrected chi connectivity index (χ2v) is 9.33. The zero-order valence-corrected chi connectivity index (χ0v) is 19.3. The highest BCUT2D eigenvalue weighted by molar-refractivity contribution is 5.84. The van der Waals surface area contributed by atoms with E-state index in [4.69, 9.17) is 0 Å². The monoisotopic (exact) mass is 428 g/mol. The number of H-pyrrole nitrogens is 1. The molecule has 0 amide bonds. The number of rotatable bonds is 6. The number of fused-ring (bicyclic) bond motifs is 1. The highest BCUT2D eigenvalue weighted by atomic mass is 15.5. The number of aromatic nitrogens is 5. The molecule has 1 aliphatic carbocycles. The molecule has 0 atom stereocenters. The molecule has 0 saturated heterocycles. The molecule has 2 aromatic carbocycles. The average molecular weight is 429 g/mol. The zero-order chi connectivity index (χ0) is 22.1. The van der Waals surface area contributed by atoms with E-state index in [9.17, 15) is 0 Å². The quantitative estimate of drug-likeness (QED) is 0.478. The van der Waals surface area contributed by atoms with E-state index >= 15 is 0 Å². The lowest BCUT2D eigenvalue weighted by molar-refractivity contribution is 0.0903. The lowest BCUT2D eigenvalue weighted by atomic mass is 9.70. The minimum Gasteiger partial charge on any atom is -0.358 e. The Bertz CT molecular complexity index is 1180. The molecule has 6 heteroatoms. The van der Waals surface area contributed by atoms with E-state index in [2.05, 4.69) is 94.1 Å². The van der Waals surface area contributed by atoms with Crippen LogP contribution in [0.25, 0.3) is 10.9 Å². The molecule has 0 unspecified atom stereocenters. The molecule has 2 aromatic heterocycles. The number of hydrogen-bond donors (Lipinski definition) is 1. The molecule has 1 N–H and O–H groups in total. The number of nitrogens with one attached hydrogen (secondary N) is 1. The number of benzene rings is 2. The molecule has 1 saturated carbocycles. The van der Waals surface area contributed by atoms with Gasteiger partial charge in [-0.25, -0.2) is 4.68 Å². The van der Waals surface area contributed by atoms with Crippen LogP contribution in [0, 0.1) is 6.92 Å². The van der Waals surface area contributed by atoms with Crippen LogP contribution in [0.3, 0.4) is 0 Å². The molecule has 1 aliphatic rings. The molecule has 0 bridgehead atoms. The molecule has 2 heterocycles. The standard InChI is InChI=1S/C26H32N6/c1-19-28-29-30-32(19)18-15-23-22-11-7-8-12-24(22)27-25(23)20-13-16-26(17-14-20,31(2)3)21-9-5-4-6-10-21/h4-12,20,27H,13-18H2,1-3H3. The molecular weight excluding hydrogens is 396 g/mol. The van der Waals surface area contributed by atoms with Gasteiger partial charge in [0.2, 0.25) is 0 Å². The first kappa shape index (κ1) is 20.9. The summed E-state index contributed by atoms with van der Waals surface area (Å²) in [5, 5.41) is 13.3. The van der Waals surface area contributed by atoms with Crippen LogP contribution in [0.1, 0.15) is 54.2 Å². The van der Waals surface area contributed by atoms with Crippen LogP contribution in [-0.2, 0) is 18.5 Å². The van der Waals surface area contributed by atoms with Gasteiger partial charge in [0.15, 0.2) is 0 Å². The van der Waals surface area contributed by atoms with Crippen LogP contribution in [-0.4, -0.2) is 44.2 Å². The summed E-state index contributed by atoms with van der Waals surface area (Å²) in [6, 6.07) is 19.7. The number of aryl methyl sites for hydroxylation is 3. The maximum atomic E-state index is 4.15. The Hall–Kier alpha value is -2.99. The smallest absolute Gasteiger partial charge is 0.148 e. The summed E-state index contributed by atoms with van der Waals surface area (Å²) in [5.74, 6) is 1.41. The molecule has 1 fully saturated rings. The first-order valence-corrected chi connectivity index (χ1v) is 11.6. The molecule has 4 aromatic rings. The Morgan fingerprint density at radius 1 is 1.03 bits per heavy atom. The van der Waals surface area contributed by atoms with Gasteiger partial charge in [-0.15, -0.1) is 5.10 Å². The third-order valence-corrected chi connectivity index (χ3v) is 7.52. The highest BCUT2D eigenvalue weighted by Gasteiger charge is 2.39. The zero-order valence-electron chi connectivity index (χ0n) is 19.3. The first-order chi connectivity index (χ1) is 15.6. The van der Waals surface area contributed by atoms with Crippen LogP contribution < -0.4 is 0 Å². The van der Waals surface area contributed by atoms with Gasteiger partial charge in [-0.2, -0.15) is 0 Å². The molecule has 6 nitrogen and oxygen atoms in total. The number of tetrazole rings is 1. The Labute approximate surface area is 189 Å². The Morgan fingerprint density at radius 2 is 1.75 bits per heavy atom. The van der Waals surface area contributed by atoms with Crippen molar-refractivity contribution in [3.05, 3.63) is 77.2 Å². The maximum Gasteiger partial charge on any atom is 0.148 e. The second-order valence-electron chi connectivity index (χ2n) is 9.33. The normalized spacial score (nSPS) is 21.4. The molecule has 5 rings (SSSR count). The number of hydrogen-bond acceptors (Lipinski definition) is 4. The fourth-order valence-corrected chi connectivity index (χ4v) is 5.64. The fraction of sp³-hybridized carbons (Fsp3) is 0.423. The largest absolute Gasteiger partial charge is 0.358 e. The fourth-order valence-electron chi connectivity index (χ4n) is 5.64. The van der Waals surface area contributed by atoms with Crippen molar-refractivity contribution in [2.75, 3.05) is 14.1 Å². The van der Waals surface area contributed by atoms with E-state index in [-0.39, 0.29) is 5.54 Å². The van der Waals surface area contributed by atoms with Crippen molar-refractivity contribution in [1.82, 2.24) is 30.1 Å². The summed E-state index contributed by atoms with van der Waals surface area (Å²) in [5.41, 5.74) is 5.64. The number of nitrogens with zero attached hydrogens (tertiary/aromatic N) is 5. The van der Waals surface area contributed by atoms with Crippen molar-refractivity contribution in [3.8, 4) is 0 Å². The minimum atomic E-state index is 0.119. The van der Waals surface area contributed by atoms with Gasteiger partial charge in [-0.05, 0) is 86.7 Å². The van der Waals surface area contributed by atoms with Gasteiger partial charge < -0.3 is 4.98 Å². The molecule has 0 radical (unpaired) electrons. The van der Waals surface area contributed by atoms with E-state index in [1.54, 1.807) is 0 Å². The van der Waals surface area contributed by atoms with Crippen molar-refractivity contribution in [2.45, 2.75) is 57.0 Å². The highest BCUT2D eigenvalue weighted by Crippen LogP contribution is 2.47. The third-order valence-electron chi connectivity index (χ3n) is 7.52. The summed E-state index contributed by atoms with van der Waals surface area (Å²) in [6.45, 7) is 2.76. The van der Waals surface area contributed by atoms with E-state index in [0.717, 1.165) is 31.6 Å². The lowest BCUT2D eigenvalue weighted by Gasteiger charge is -2.45. The van der Waals surface area contributed by atoms with Crippen LogP contribution in [0.15, 0.2) is 54.6 Å². The molecule has 32 heavy (non-hydrogen) atoms. The average Bonchev–Trinajstić information content (AvgIpc) is 3.41. The van der Waals surface area contributed by atoms with Crippen molar-refractivity contribution in [2.24, 2.45) is 0 Å². The third kappa shape index (κ3) is 3.62. The SMILES string of the molecule is Cc1nnnn1CCc1c(C2CCC(c3ccccc3)(N(C)C)CC2)[nH]c2ccccc12. The Kier molecular flexibility index (Phi) is 5.55. The minimum absolute atomic E-state index is 0.119. The molecule has 166 valence electrons. The van der Waals surface area contributed by atoms with Crippen molar-refractivity contribution < 1.29 is 0 Å². The van der Waals surface area contributed by atoms with Gasteiger partial charge in [0.25, 0.3) is 0 Å². The Morgan fingerprint density at radius 3 is 2.44 bits per heavy atom. The van der Waals surface area contributed by atoms with Gasteiger partial charge in [-0.1, -0.05) is 48.5 Å². The van der Waals surface area contributed by atoms with Gasteiger partial charge >= 0.3 is 0 Å². The molecular formula is C26H32N6. The number of para-hydroxylation sites is 1. The van der Waals surface area contributed by atoms with Crippen molar-refractivity contribution in [3.63, 3.8) is 0 Å². The summed E-state index contributed by atoms with van der Waals surface area (Å²) < 4.78 is 1.90. The van der Waals surface area contributed by atoms with Gasteiger partial charge in [0, 0.05) is 28.7 Å². The van der Waals surface area contributed by atoms with Crippen LogP contribution >= 0.6 is 0 Å². The van der Waals surface area contributed by atoms with Gasteiger partial charge in [0.05, 0.1) is 0 Å².